The third-order valence-corrected chi connectivity index (χ3v) is 15.9. The van der Waals surface area contributed by atoms with E-state index >= 15 is 4.79 Å². The number of aromatic amines is 1. The molecule has 14 nitrogen and oxygen atoms in total. The third-order valence-electron chi connectivity index (χ3n) is 15.9. The van der Waals surface area contributed by atoms with E-state index in [2.05, 4.69) is 33.5 Å². The Bertz CT molecular complexity index is 2360. The molecule has 3 aromatic rings. The van der Waals surface area contributed by atoms with Crippen LogP contribution in [0.2, 0.25) is 0 Å². The first kappa shape index (κ1) is 43.5. The first-order chi connectivity index (χ1) is 30.3. The quantitative estimate of drug-likeness (QED) is 0.107. The molecule has 6 aliphatic rings. The highest BCUT2D eigenvalue weighted by Gasteiger charge is 2.81. The molecule has 9 rings (SSSR count). The molecule has 1 spiro atoms. The Labute approximate surface area is 369 Å². The minimum Gasteiger partial charge on any atom is -0.496 e. The minimum absolute atomic E-state index is 0.0659. The van der Waals surface area contributed by atoms with Crippen LogP contribution in [0.3, 0.4) is 0 Å². The molecule has 3 N–H and O–H groups in total. The van der Waals surface area contributed by atoms with Crippen molar-refractivity contribution in [2.24, 2.45) is 11.3 Å². The van der Waals surface area contributed by atoms with Gasteiger partial charge in [-0.1, -0.05) is 50.3 Å². The predicted molar refractivity (Wildman–Crippen MR) is 236 cm³/mol. The van der Waals surface area contributed by atoms with Gasteiger partial charge in [0.1, 0.15) is 17.9 Å². The Morgan fingerprint density at radius 1 is 0.984 bits per heavy atom. The number of methoxy groups -OCH3 is 3. The van der Waals surface area contributed by atoms with Crippen LogP contribution >= 0.6 is 0 Å². The number of ether oxygens (including phenoxy) is 5. The SMILES string of the molecule is C=CCOCN1c2cc(OC)c([C@@]3(C(=O)OC)C[C@H]4CN(CCc5c3[nH]c3ccccc53)C[C@](O)(CC)C4)cc2[C@@]23CCN4CC=C[C@@](CC)([C@@H](OC(C)=O)[C@](O)(C(=O)OC)[C@H]12)[C@H]43. The normalized spacial score (nSPS) is 35.3. The topological polar surface area (TPSA) is 163 Å². The zero-order chi connectivity index (χ0) is 44.7. The van der Waals surface area contributed by atoms with Crippen LogP contribution < -0.4 is 9.64 Å². The summed E-state index contributed by atoms with van der Waals surface area (Å²) in [6, 6.07) is 10.7. The van der Waals surface area contributed by atoms with Gasteiger partial charge in [-0.3, -0.25) is 19.4 Å². The number of aromatic nitrogens is 1. The maximum Gasteiger partial charge on any atom is 0.344 e. The maximum absolute atomic E-state index is 15.5. The molecule has 10 atom stereocenters. The number of H-pyrrole nitrogens is 1. The first-order valence-electron chi connectivity index (χ1n) is 22.5. The van der Waals surface area contributed by atoms with Gasteiger partial charge < -0.3 is 43.8 Å². The van der Waals surface area contributed by atoms with E-state index in [-0.39, 0.29) is 25.3 Å². The molecule has 63 heavy (non-hydrogen) atoms. The van der Waals surface area contributed by atoms with Gasteiger partial charge >= 0.3 is 17.9 Å². The summed E-state index contributed by atoms with van der Waals surface area (Å²) in [5, 5.41) is 26.7. The molecule has 2 aromatic carbocycles. The smallest absolute Gasteiger partial charge is 0.344 e. The van der Waals surface area contributed by atoms with E-state index in [1.807, 2.05) is 55.2 Å². The number of carbonyl (C=O) groups excluding carboxylic acids is 3. The zero-order valence-electron chi connectivity index (χ0n) is 37.4. The average Bonchev–Trinajstić information content (AvgIpc) is 3.96. The molecule has 2 saturated heterocycles. The molecule has 1 unspecified atom stereocenters. The molecule has 1 aliphatic carbocycles. The van der Waals surface area contributed by atoms with Crippen LogP contribution in [-0.4, -0.2) is 140 Å². The highest BCUT2D eigenvalue weighted by molar-refractivity contribution is 5.95. The number of piperidine rings is 1. The van der Waals surface area contributed by atoms with Gasteiger partial charge in [0.25, 0.3) is 0 Å². The van der Waals surface area contributed by atoms with Crippen LogP contribution in [-0.2, 0) is 50.6 Å². The minimum atomic E-state index is -2.41. The first-order valence-corrected chi connectivity index (χ1v) is 22.5. The van der Waals surface area contributed by atoms with Gasteiger partial charge in [0.05, 0.1) is 39.6 Å². The third kappa shape index (κ3) is 6.03. The number of aliphatic hydroxyl groups is 2. The van der Waals surface area contributed by atoms with Crippen LogP contribution in [0.4, 0.5) is 5.69 Å². The number of nitrogens with one attached hydrogen (secondary N) is 1. The Hall–Kier alpha value is -4.73. The lowest BCUT2D eigenvalue weighted by Crippen LogP contribution is -2.81. The van der Waals surface area contributed by atoms with E-state index in [0.29, 0.717) is 88.2 Å². The number of anilines is 1. The number of para-hydroxylation sites is 1. The van der Waals surface area contributed by atoms with Crippen molar-refractivity contribution in [3.8, 4) is 5.75 Å². The number of hydrogen-bond donors (Lipinski definition) is 3. The zero-order valence-corrected chi connectivity index (χ0v) is 37.4. The van der Waals surface area contributed by atoms with E-state index in [1.165, 1.54) is 21.1 Å². The number of benzene rings is 2. The van der Waals surface area contributed by atoms with Gasteiger partial charge in [-0.2, -0.15) is 0 Å². The van der Waals surface area contributed by atoms with Crippen molar-refractivity contribution in [1.82, 2.24) is 14.8 Å². The molecule has 0 radical (unpaired) electrons. The van der Waals surface area contributed by atoms with E-state index < -0.39 is 57.5 Å². The molecule has 1 aromatic heterocycles. The van der Waals surface area contributed by atoms with Crippen LogP contribution in [0.5, 0.6) is 5.75 Å². The number of fused-ring (bicyclic) bond motifs is 6. The fraction of sp³-hybridized carbons (Fsp3) is 0.571. The van der Waals surface area contributed by atoms with Crippen LogP contribution in [0.15, 0.2) is 61.2 Å². The van der Waals surface area contributed by atoms with Gasteiger partial charge in [-0.05, 0) is 74.2 Å². The molecule has 5 aliphatic heterocycles. The predicted octanol–water partition coefficient (Wildman–Crippen LogP) is 4.52. The van der Waals surface area contributed by atoms with Crippen LogP contribution in [0, 0.1) is 11.3 Å². The van der Waals surface area contributed by atoms with Gasteiger partial charge in [-0.15, -0.1) is 6.58 Å². The summed E-state index contributed by atoms with van der Waals surface area (Å²) >= 11 is 0. The summed E-state index contributed by atoms with van der Waals surface area (Å²) in [6.07, 6.45) is 7.29. The molecule has 2 bridgehead atoms. The van der Waals surface area contributed by atoms with E-state index in [9.17, 15) is 19.8 Å². The van der Waals surface area contributed by atoms with Crippen molar-refractivity contribution in [2.75, 3.05) is 72.3 Å². The van der Waals surface area contributed by atoms with Crippen LogP contribution in [0.25, 0.3) is 10.9 Å². The Balaban J connectivity index is 1.38. The fourth-order valence-corrected chi connectivity index (χ4v) is 13.7. The lowest BCUT2D eigenvalue weighted by molar-refractivity contribution is -0.229. The monoisotopic (exact) mass is 866 g/mol. The number of nitrogens with zero attached hydrogens (tertiary/aromatic N) is 3. The van der Waals surface area contributed by atoms with E-state index in [4.69, 9.17) is 23.7 Å². The van der Waals surface area contributed by atoms with E-state index in [0.717, 1.165) is 27.7 Å². The summed E-state index contributed by atoms with van der Waals surface area (Å²) in [5.74, 6) is -1.75. The van der Waals surface area contributed by atoms with Crippen molar-refractivity contribution in [2.45, 2.75) is 99.5 Å². The summed E-state index contributed by atoms with van der Waals surface area (Å²) in [7, 11) is 4.25. The molecule has 6 heterocycles. The number of carbonyl (C=O) groups is 3. The number of rotatable bonds is 11. The Kier molecular flexibility index (Phi) is 10.9. The summed E-state index contributed by atoms with van der Waals surface area (Å²) in [4.78, 5) is 53.7. The maximum atomic E-state index is 15.5. The molecule has 338 valence electrons. The Morgan fingerprint density at radius 3 is 2.46 bits per heavy atom. The standard InChI is InChI=1S/C49H62N4O10/c1-8-22-62-29-53-37-24-38(59-5)35(23-34(37)47-18-21-52-19-13-17-46(10-3,40(47)52)42(63-30(4)54)49(58,41(47)53)44(56)61-7)48(43(55)60-6)26-31-25-45(57,9-2)28-51(27-31)20-16-33-32-14-11-12-15-36(32)50-39(33)48/h8,11-15,17,23-24,31,40-42,50,57-58H,1,9-10,16,18-22,25-29H2,2-7H3/t31-,40-,41+,42+,45-,46+,47+,48-,49-/m0/s1. The van der Waals surface area contributed by atoms with Crippen molar-refractivity contribution in [3.05, 3.63) is 83.6 Å². The van der Waals surface area contributed by atoms with Crippen molar-refractivity contribution >= 4 is 34.5 Å². The second-order valence-electron chi connectivity index (χ2n) is 18.9. The van der Waals surface area contributed by atoms with Gasteiger partial charge in [0.15, 0.2) is 6.10 Å². The lowest BCUT2D eigenvalue weighted by atomic mass is 9.47. The Morgan fingerprint density at radius 2 is 1.76 bits per heavy atom. The van der Waals surface area contributed by atoms with E-state index in [1.54, 1.807) is 13.2 Å². The lowest BCUT2D eigenvalue weighted by Gasteiger charge is -2.63. The van der Waals surface area contributed by atoms with Crippen molar-refractivity contribution < 1.29 is 48.3 Å². The molecule has 3 fully saturated rings. The van der Waals surface area contributed by atoms with Gasteiger partial charge in [0, 0.05) is 83.9 Å². The molecular formula is C49H62N4O10. The second-order valence-corrected chi connectivity index (χ2v) is 18.9. The molecule has 1 saturated carbocycles. The van der Waals surface area contributed by atoms with Crippen LogP contribution in [0.1, 0.15) is 75.3 Å². The highest BCUT2D eigenvalue weighted by atomic mass is 16.6. The van der Waals surface area contributed by atoms with Gasteiger partial charge in [0.2, 0.25) is 5.60 Å². The largest absolute Gasteiger partial charge is 0.496 e. The van der Waals surface area contributed by atoms with Crippen molar-refractivity contribution in [3.63, 3.8) is 0 Å². The van der Waals surface area contributed by atoms with Crippen molar-refractivity contribution in [1.29, 1.82) is 0 Å². The summed E-state index contributed by atoms with van der Waals surface area (Å²) in [5.41, 5.74) is -2.23. The molecule has 0 amide bonds. The molecule has 14 heteroatoms. The highest BCUT2D eigenvalue weighted by Crippen LogP contribution is 2.68. The number of hydrogen-bond acceptors (Lipinski definition) is 13. The summed E-state index contributed by atoms with van der Waals surface area (Å²) < 4.78 is 30.4. The summed E-state index contributed by atoms with van der Waals surface area (Å²) in [6.45, 7) is 12.4. The molecular weight excluding hydrogens is 805 g/mol. The average molecular weight is 867 g/mol. The fourth-order valence-electron chi connectivity index (χ4n) is 13.7. The number of esters is 3. The van der Waals surface area contributed by atoms with Gasteiger partial charge in [-0.25, -0.2) is 4.79 Å². The second kappa shape index (κ2) is 15.8.